The van der Waals surface area contributed by atoms with Crippen LogP contribution in [0.4, 0.5) is 11.4 Å². The average molecular weight is 545 g/mol. The zero-order valence-electron chi connectivity index (χ0n) is 21.7. The summed E-state index contributed by atoms with van der Waals surface area (Å²) in [6, 6.07) is 11.0. The number of anilines is 1. The Morgan fingerprint density at radius 2 is 1.90 bits per heavy atom. The maximum Gasteiger partial charge on any atom is 0.338 e. The number of ether oxygens (including phenoxy) is 1. The van der Waals surface area contributed by atoms with Crippen molar-refractivity contribution in [2.45, 2.75) is 38.1 Å². The molecule has 4 heterocycles. The van der Waals surface area contributed by atoms with Gasteiger partial charge < -0.3 is 18.5 Å². The SMILES string of the molecule is O=C(OCC(=O)N1N=C2C(=Cc3ccco3)CCCC2C1c1ccco1)c1ccc(N2CCCC2)c([N+](=O)[O-])c1. The van der Waals surface area contributed by atoms with E-state index < -0.39 is 29.4 Å². The fraction of sp³-hybridized carbons (Fsp3) is 0.345. The Morgan fingerprint density at radius 1 is 1.10 bits per heavy atom. The van der Waals surface area contributed by atoms with Crippen molar-refractivity contribution in [2.75, 3.05) is 24.6 Å². The molecule has 2 aromatic heterocycles. The zero-order valence-corrected chi connectivity index (χ0v) is 21.7. The van der Waals surface area contributed by atoms with E-state index in [0.717, 1.165) is 56.5 Å². The van der Waals surface area contributed by atoms with Crippen molar-refractivity contribution >= 4 is 35.0 Å². The van der Waals surface area contributed by atoms with E-state index in [1.165, 1.54) is 17.1 Å². The highest BCUT2D eigenvalue weighted by Crippen LogP contribution is 2.44. The van der Waals surface area contributed by atoms with Gasteiger partial charge in [0.25, 0.3) is 11.6 Å². The molecule has 1 amide bonds. The van der Waals surface area contributed by atoms with Gasteiger partial charge in [-0.3, -0.25) is 14.9 Å². The third-order valence-corrected chi connectivity index (χ3v) is 7.63. The quantitative estimate of drug-likeness (QED) is 0.221. The van der Waals surface area contributed by atoms with Gasteiger partial charge in [-0.25, -0.2) is 9.80 Å². The van der Waals surface area contributed by atoms with Crippen LogP contribution >= 0.6 is 0 Å². The van der Waals surface area contributed by atoms with E-state index in [-0.39, 0.29) is 17.2 Å². The van der Waals surface area contributed by atoms with E-state index in [9.17, 15) is 19.7 Å². The lowest BCUT2D eigenvalue weighted by atomic mass is 9.79. The largest absolute Gasteiger partial charge is 0.467 e. The number of hydrogen-bond donors (Lipinski definition) is 0. The third kappa shape index (κ3) is 4.90. The fourth-order valence-corrected chi connectivity index (χ4v) is 5.79. The standard InChI is InChI=1S/C29H28N4O7/c34-26(18-40-29(35)20-10-11-23(24(17-20)33(36)37)31-12-1-2-13-31)32-28(25-9-5-15-39-25)22-8-3-6-19(27(22)30-32)16-21-7-4-14-38-21/h4-5,7,9-11,14-17,22,28H,1-3,6,8,12-13,18H2. The van der Waals surface area contributed by atoms with Gasteiger partial charge in [0.2, 0.25) is 0 Å². The predicted molar refractivity (Wildman–Crippen MR) is 145 cm³/mol. The molecule has 206 valence electrons. The molecule has 1 aliphatic carbocycles. The Balaban J connectivity index is 1.21. The van der Waals surface area contributed by atoms with Crippen LogP contribution in [0.1, 0.15) is 60.0 Å². The Bertz CT molecular complexity index is 1470. The molecule has 6 rings (SSSR count). The highest BCUT2D eigenvalue weighted by molar-refractivity contribution is 6.08. The molecule has 1 aromatic carbocycles. The summed E-state index contributed by atoms with van der Waals surface area (Å²) >= 11 is 0. The van der Waals surface area contributed by atoms with Gasteiger partial charge in [0.1, 0.15) is 23.2 Å². The number of hydrazone groups is 1. The lowest BCUT2D eigenvalue weighted by Crippen LogP contribution is -2.34. The van der Waals surface area contributed by atoms with Gasteiger partial charge in [-0.1, -0.05) is 0 Å². The molecular formula is C29H28N4O7. The summed E-state index contributed by atoms with van der Waals surface area (Å²) in [5.41, 5.74) is 2.10. The van der Waals surface area contributed by atoms with E-state index in [1.54, 1.807) is 30.7 Å². The number of amides is 1. The minimum Gasteiger partial charge on any atom is -0.467 e. The van der Waals surface area contributed by atoms with E-state index >= 15 is 0 Å². The number of allylic oxidation sites excluding steroid dienone is 1. The molecule has 11 heteroatoms. The first-order chi connectivity index (χ1) is 19.5. The average Bonchev–Trinajstić information content (AvgIpc) is 3.78. The minimum atomic E-state index is -0.818. The first-order valence-corrected chi connectivity index (χ1v) is 13.4. The second-order valence-electron chi connectivity index (χ2n) is 10.1. The maximum absolute atomic E-state index is 13.4. The lowest BCUT2D eigenvalue weighted by Gasteiger charge is -2.27. The van der Waals surface area contributed by atoms with Gasteiger partial charge >= 0.3 is 5.97 Å². The molecule has 2 atom stereocenters. The number of carbonyl (C=O) groups excluding carboxylic acids is 2. The molecule has 2 unspecified atom stereocenters. The minimum absolute atomic E-state index is 0.00936. The van der Waals surface area contributed by atoms with E-state index in [0.29, 0.717) is 17.2 Å². The van der Waals surface area contributed by atoms with Crippen molar-refractivity contribution in [2.24, 2.45) is 11.0 Å². The first-order valence-electron chi connectivity index (χ1n) is 13.4. The van der Waals surface area contributed by atoms with Gasteiger partial charge in [-0.05, 0) is 80.2 Å². The van der Waals surface area contributed by atoms with Gasteiger partial charge in [-0.15, -0.1) is 0 Å². The van der Waals surface area contributed by atoms with E-state index in [1.807, 2.05) is 23.1 Å². The smallest absolute Gasteiger partial charge is 0.338 e. The van der Waals surface area contributed by atoms with Crippen LogP contribution in [-0.2, 0) is 9.53 Å². The molecule has 2 fully saturated rings. The lowest BCUT2D eigenvalue weighted by molar-refractivity contribution is -0.384. The zero-order chi connectivity index (χ0) is 27.6. The molecule has 11 nitrogen and oxygen atoms in total. The molecule has 2 aliphatic heterocycles. The number of carbonyl (C=O) groups is 2. The first kappa shape index (κ1) is 25.6. The molecule has 1 saturated heterocycles. The fourth-order valence-electron chi connectivity index (χ4n) is 5.79. The molecule has 0 bridgehead atoms. The summed E-state index contributed by atoms with van der Waals surface area (Å²) in [5.74, 6) is -0.118. The van der Waals surface area contributed by atoms with Crippen molar-refractivity contribution in [3.05, 3.63) is 87.8 Å². The normalized spacial score (nSPS) is 21.4. The summed E-state index contributed by atoms with van der Waals surface area (Å²) in [4.78, 5) is 39.4. The van der Waals surface area contributed by atoms with Crippen LogP contribution < -0.4 is 4.90 Å². The Hall–Kier alpha value is -4.67. The molecule has 0 radical (unpaired) electrons. The summed E-state index contributed by atoms with van der Waals surface area (Å²) in [7, 11) is 0. The molecule has 0 N–H and O–H groups in total. The van der Waals surface area contributed by atoms with E-state index in [4.69, 9.17) is 18.7 Å². The predicted octanol–water partition coefficient (Wildman–Crippen LogP) is 5.36. The number of hydrogen-bond acceptors (Lipinski definition) is 9. The van der Waals surface area contributed by atoms with Crippen molar-refractivity contribution in [3.63, 3.8) is 0 Å². The highest BCUT2D eigenvalue weighted by Gasteiger charge is 2.45. The van der Waals surface area contributed by atoms with E-state index in [2.05, 4.69) is 0 Å². The van der Waals surface area contributed by atoms with Crippen LogP contribution in [0.5, 0.6) is 0 Å². The van der Waals surface area contributed by atoms with Crippen LogP contribution in [0.2, 0.25) is 0 Å². The van der Waals surface area contributed by atoms with Crippen LogP contribution in [0.3, 0.4) is 0 Å². The van der Waals surface area contributed by atoms with Crippen molar-refractivity contribution in [1.82, 2.24) is 5.01 Å². The number of nitrogens with zero attached hydrogens (tertiary/aromatic N) is 4. The molecule has 1 saturated carbocycles. The van der Waals surface area contributed by atoms with Crippen molar-refractivity contribution in [1.29, 1.82) is 0 Å². The number of nitro groups is 1. The summed E-state index contributed by atoms with van der Waals surface area (Å²) in [6.07, 6.45) is 9.55. The van der Waals surface area contributed by atoms with Gasteiger partial charge in [0.15, 0.2) is 6.61 Å². The Kier molecular flexibility index (Phi) is 6.93. The Labute approximate surface area is 229 Å². The summed E-state index contributed by atoms with van der Waals surface area (Å²) < 4.78 is 16.5. The number of fused-ring (bicyclic) bond motifs is 1. The van der Waals surface area contributed by atoms with Gasteiger partial charge in [0, 0.05) is 25.1 Å². The number of esters is 1. The number of nitro benzene ring substituents is 1. The maximum atomic E-state index is 13.4. The van der Waals surface area contributed by atoms with Crippen LogP contribution in [0.25, 0.3) is 6.08 Å². The molecule has 3 aliphatic rings. The molecule has 0 spiro atoms. The van der Waals surface area contributed by atoms with Crippen LogP contribution in [0.15, 0.2) is 74.5 Å². The number of benzene rings is 1. The highest BCUT2D eigenvalue weighted by atomic mass is 16.6. The summed E-state index contributed by atoms with van der Waals surface area (Å²) in [6.45, 7) is 0.889. The van der Waals surface area contributed by atoms with Crippen molar-refractivity contribution < 1.29 is 28.1 Å². The van der Waals surface area contributed by atoms with Gasteiger partial charge in [0.05, 0.1) is 28.7 Å². The molecule has 3 aromatic rings. The topological polar surface area (TPSA) is 132 Å². The number of rotatable bonds is 7. The van der Waals surface area contributed by atoms with Crippen molar-refractivity contribution in [3.8, 4) is 0 Å². The summed E-state index contributed by atoms with van der Waals surface area (Å²) in [5, 5.41) is 17.8. The second kappa shape index (κ2) is 10.8. The second-order valence-corrected chi connectivity index (χ2v) is 10.1. The monoisotopic (exact) mass is 544 g/mol. The molecule has 40 heavy (non-hydrogen) atoms. The number of furan rings is 2. The van der Waals surface area contributed by atoms with Crippen LogP contribution in [0, 0.1) is 16.0 Å². The van der Waals surface area contributed by atoms with Crippen LogP contribution in [-0.4, -0.2) is 47.2 Å². The Morgan fingerprint density at radius 3 is 2.62 bits per heavy atom. The van der Waals surface area contributed by atoms with Gasteiger partial charge in [-0.2, -0.15) is 5.10 Å². The molecular weight excluding hydrogens is 516 g/mol. The third-order valence-electron chi connectivity index (χ3n) is 7.63.